The maximum absolute atomic E-state index is 12.3. The Morgan fingerprint density at radius 1 is 0.788 bits per heavy atom. The molecule has 0 aliphatic rings. The van der Waals surface area contributed by atoms with E-state index >= 15 is 0 Å². The number of fused-ring (bicyclic) bond motifs is 4. The summed E-state index contributed by atoms with van der Waals surface area (Å²) in [6.45, 7) is 32.7. The molecule has 0 atom stereocenters. The van der Waals surface area contributed by atoms with Crippen LogP contribution in [-0.2, 0) is 24.9 Å². The van der Waals surface area contributed by atoms with Crippen LogP contribution in [0.4, 0.5) is 0 Å². The third kappa shape index (κ3) is 9.69. The smallest absolute Gasteiger partial charge is 0.162 e. The van der Waals surface area contributed by atoms with Gasteiger partial charge in [0.2, 0.25) is 0 Å². The Hall–Kier alpha value is -2.70. The number of allylic oxidation sites excluding steroid dienone is 2. The van der Waals surface area contributed by atoms with Crippen molar-refractivity contribution >= 4 is 61.5 Å². The van der Waals surface area contributed by atoms with Crippen LogP contribution in [0.15, 0.2) is 54.6 Å². The molecule has 0 unspecified atom stereocenters. The van der Waals surface area contributed by atoms with E-state index in [9.17, 15) is 9.90 Å². The molecule has 1 radical (unpaired) electrons. The van der Waals surface area contributed by atoms with Gasteiger partial charge in [-0.1, -0.05) is 134 Å². The van der Waals surface area contributed by atoms with Crippen molar-refractivity contribution in [2.75, 3.05) is 0 Å². The molecule has 283 valence electrons. The van der Waals surface area contributed by atoms with Crippen molar-refractivity contribution < 1.29 is 30.0 Å². The number of ketones is 1. The van der Waals surface area contributed by atoms with Crippen LogP contribution >= 0.6 is 11.3 Å². The first kappa shape index (κ1) is 43.7. The molecule has 5 rings (SSSR count). The Labute approximate surface area is 332 Å². The summed E-state index contributed by atoms with van der Waals surface area (Å²) in [7, 11) is -1.37. The standard InChI is InChI=1S/C28H29N2SSi.C17H32O2.Ir/c1-16(2)23-13-20(12-19-10-17(3)18(4)11-24(19)23)26-28-27(30-15-29-26)22-9-8-21(32(5,6)7)14-25(22)31-28;1-10(2)16(11(3)4)14(18)9-15(19)17(12(5)6)13(7)8;/h8-11,13-16H,1-7H3;9-13,16-18H,1-8H3;/q-1;;/b;14-9-;. The summed E-state index contributed by atoms with van der Waals surface area (Å²) >= 11 is 1.82. The van der Waals surface area contributed by atoms with Gasteiger partial charge >= 0.3 is 0 Å². The number of carbonyl (C=O) groups is 1. The Bertz CT molecular complexity index is 2040. The topological polar surface area (TPSA) is 63.1 Å². The first-order chi connectivity index (χ1) is 23.7. The van der Waals surface area contributed by atoms with Gasteiger partial charge in [0.25, 0.3) is 0 Å². The van der Waals surface area contributed by atoms with Crippen LogP contribution in [0.2, 0.25) is 19.6 Å². The number of hydrogen-bond donors (Lipinski definition) is 1. The fourth-order valence-electron chi connectivity index (χ4n) is 7.63. The van der Waals surface area contributed by atoms with E-state index in [1.165, 1.54) is 48.8 Å². The number of thiophene rings is 1. The average Bonchev–Trinajstić information content (AvgIpc) is 3.38. The molecule has 0 saturated carbocycles. The van der Waals surface area contributed by atoms with Gasteiger partial charge in [0, 0.05) is 58.5 Å². The maximum Gasteiger partial charge on any atom is 0.162 e. The van der Waals surface area contributed by atoms with Crippen LogP contribution in [-0.4, -0.2) is 28.9 Å². The normalized spacial score (nSPS) is 12.7. The molecular weight excluding hydrogens is 853 g/mol. The Kier molecular flexibility index (Phi) is 14.8. The van der Waals surface area contributed by atoms with Crippen molar-refractivity contribution in [2.45, 2.75) is 109 Å². The van der Waals surface area contributed by atoms with E-state index in [-0.39, 0.29) is 43.5 Å². The molecule has 1 N–H and O–H groups in total. The summed E-state index contributed by atoms with van der Waals surface area (Å²) in [6, 6.07) is 17.5. The SMILES string of the molecule is CC(C)C(C(=O)/C=C(\O)C(C(C)C)C(C)C)C(C)C.Cc1cc2[c-]c(-c3ncnc4c3sc3cc([Si](C)(C)C)ccc34)cc(C(C)C)c2cc1C.[Ir]. The largest absolute Gasteiger partial charge is 0.512 e. The van der Waals surface area contributed by atoms with Gasteiger partial charge in [0.15, 0.2) is 5.78 Å². The van der Waals surface area contributed by atoms with Gasteiger partial charge in [-0.25, -0.2) is 4.98 Å². The van der Waals surface area contributed by atoms with Crippen LogP contribution in [0.3, 0.4) is 0 Å². The van der Waals surface area contributed by atoms with Crippen molar-refractivity contribution in [1.29, 1.82) is 0 Å². The minimum absolute atomic E-state index is 0. The summed E-state index contributed by atoms with van der Waals surface area (Å²) in [5.74, 6) is 2.05. The van der Waals surface area contributed by atoms with Crippen molar-refractivity contribution in [3.63, 3.8) is 0 Å². The minimum Gasteiger partial charge on any atom is -0.512 e. The van der Waals surface area contributed by atoms with E-state index in [0.29, 0.717) is 29.6 Å². The van der Waals surface area contributed by atoms with E-state index in [0.717, 1.165) is 21.5 Å². The predicted molar refractivity (Wildman–Crippen MR) is 225 cm³/mol. The molecule has 5 aromatic rings. The van der Waals surface area contributed by atoms with Crippen molar-refractivity contribution in [3.8, 4) is 11.3 Å². The number of nitrogens with zero attached hydrogens (tertiary/aromatic N) is 2. The van der Waals surface area contributed by atoms with Crippen LogP contribution < -0.4 is 5.19 Å². The van der Waals surface area contributed by atoms with Gasteiger partial charge in [-0.3, -0.25) is 9.78 Å². The van der Waals surface area contributed by atoms with E-state index in [4.69, 9.17) is 4.98 Å². The molecule has 0 aliphatic heterocycles. The fourth-order valence-corrected chi connectivity index (χ4v) is 10.1. The number of rotatable bonds is 10. The predicted octanol–water partition coefficient (Wildman–Crippen LogP) is 12.6. The third-order valence-corrected chi connectivity index (χ3v) is 13.5. The first-order valence-corrected chi connectivity index (χ1v) is 23.1. The van der Waals surface area contributed by atoms with Gasteiger partial charge in [-0.05, 0) is 49.5 Å². The summed E-state index contributed by atoms with van der Waals surface area (Å²) in [5.41, 5.74) is 7.09. The number of hydrogen-bond acceptors (Lipinski definition) is 5. The molecule has 0 saturated heterocycles. The van der Waals surface area contributed by atoms with E-state index in [2.05, 4.69) is 150 Å². The zero-order valence-corrected chi connectivity index (χ0v) is 38.4. The van der Waals surface area contributed by atoms with Gasteiger partial charge in [-0.15, -0.1) is 40.5 Å². The second kappa shape index (κ2) is 17.6. The van der Waals surface area contributed by atoms with Crippen LogP contribution in [0.1, 0.15) is 91.8 Å². The molecule has 0 bridgehead atoms. The van der Waals surface area contributed by atoms with Crippen molar-refractivity contribution in [1.82, 2.24) is 9.97 Å². The maximum atomic E-state index is 12.3. The second-order valence-corrected chi connectivity index (χ2v) is 23.4. The number of benzene rings is 3. The molecule has 4 nitrogen and oxygen atoms in total. The van der Waals surface area contributed by atoms with Crippen LogP contribution in [0.25, 0.3) is 42.3 Å². The molecule has 52 heavy (non-hydrogen) atoms. The zero-order valence-electron chi connectivity index (χ0n) is 34.2. The van der Waals surface area contributed by atoms with Gasteiger partial charge in [-0.2, -0.15) is 0 Å². The van der Waals surface area contributed by atoms with Crippen molar-refractivity contribution in [2.24, 2.45) is 35.5 Å². The first-order valence-electron chi connectivity index (χ1n) is 18.8. The van der Waals surface area contributed by atoms with Gasteiger partial charge < -0.3 is 5.11 Å². The quantitative estimate of drug-likeness (QED) is 0.0656. The number of aliphatic hydroxyl groups is 1. The molecule has 0 amide bonds. The summed E-state index contributed by atoms with van der Waals surface area (Å²) in [4.78, 5) is 21.8. The van der Waals surface area contributed by atoms with E-state index < -0.39 is 8.07 Å². The van der Waals surface area contributed by atoms with Crippen LogP contribution in [0, 0.1) is 55.4 Å². The van der Waals surface area contributed by atoms with Gasteiger partial charge in [0.05, 0.1) is 19.3 Å². The van der Waals surface area contributed by atoms with E-state index in [1.807, 2.05) is 11.3 Å². The molecule has 2 heterocycles. The van der Waals surface area contributed by atoms with Gasteiger partial charge in [0.1, 0.15) is 6.33 Å². The average molecular weight is 914 g/mol. The monoisotopic (exact) mass is 914 g/mol. The number of carbonyl (C=O) groups excluding carboxylic acids is 1. The Morgan fingerprint density at radius 3 is 1.90 bits per heavy atom. The number of aliphatic hydroxyl groups excluding tert-OH is 1. The minimum atomic E-state index is -1.37. The molecular formula is C45H61IrN2O2SSi-. The number of aromatic nitrogens is 2. The second-order valence-electron chi connectivity index (χ2n) is 17.2. The summed E-state index contributed by atoms with van der Waals surface area (Å²) in [6.07, 6.45) is 3.19. The Balaban J connectivity index is 0.000000317. The molecule has 0 fully saturated rings. The molecule has 7 heteroatoms. The fraction of sp³-hybridized carbons (Fsp3) is 0.489. The summed E-state index contributed by atoms with van der Waals surface area (Å²) < 4.78 is 2.46. The van der Waals surface area contributed by atoms with E-state index in [1.54, 1.807) is 6.33 Å². The van der Waals surface area contributed by atoms with Crippen LogP contribution in [0.5, 0.6) is 0 Å². The Morgan fingerprint density at radius 2 is 1.37 bits per heavy atom. The van der Waals surface area contributed by atoms with Crippen molar-refractivity contribution in [3.05, 3.63) is 77.3 Å². The molecule has 0 aliphatic carbocycles. The number of aryl methyl sites for hydroxylation is 2. The zero-order chi connectivity index (χ0) is 38.1. The molecule has 2 aromatic heterocycles. The molecule has 3 aromatic carbocycles. The molecule has 0 spiro atoms. The third-order valence-electron chi connectivity index (χ3n) is 10.3. The summed E-state index contributed by atoms with van der Waals surface area (Å²) in [5, 5.41) is 15.5.